The highest BCUT2D eigenvalue weighted by molar-refractivity contribution is 7.90. The second kappa shape index (κ2) is 6.96. The van der Waals surface area contributed by atoms with E-state index in [1.54, 1.807) is 32.2 Å². The molecule has 0 unspecified atom stereocenters. The van der Waals surface area contributed by atoms with E-state index in [1.807, 2.05) is 13.1 Å². The van der Waals surface area contributed by atoms with Crippen LogP contribution in [0.15, 0.2) is 39.7 Å². The van der Waals surface area contributed by atoms with Gasteiger partial charge < -0.3 is 9.80 Å². The first-order valence-corrected chi connectivity index (χ1v) is 10.4. The van der Waals surface area contributed by atoms with E-state index in [1.165, 1.54) is 0 Å². The molecule has 3 heterocycles. The summed E-state index contributed by atoms with van der Waals surface area (Å²) in [4.78, 5) is 14.3. The number of hydroxylamine groups is 2. The molecule has 3 aliphatic heterocycles. The molecule has 8 nitrogen and oxygen atoms in total. The fourth-order valence-corrected chi connectivity index (χ4v) is 3.98. The summed E-state index contributed by atoms with van der Waals surface area (Å²) < 4.78 is 27.7. The average molecular weight is 382 g/mol. The van der Waals surface area contributed by atoms with E-state index in [0.717, 1.165) is 30.1 Å². The van der Waals surface area contributed by atoms with E-state index < -0.39 is 15.3 Å². The molecule has 0 fully saturated rings. The molecule has 0 amide bonds. The zero-order chi connectivity index (χ0) is 19.1. The molecule has 144 valence electrons. The first-order valence-electron chi connectivity index (χ1n) is 8.83. The van der Waals surface area contributed by atoms with Crippen molar-refractivity contribution in [2.75, 3.05) is 26.9 Å². The topological polar surface area (TPSA) is 77.5 Å². The number of nitrogens with zero attached hydrogens (tertiary/aromatic N) is 4. The Labute approximate surface area is 155 Å². The maximum Gasteiger partial charge on any atom is 0.235 e. The quantitative estimate of drug-likeness (QED) is 0.752. The summed E-state index contributed by atoms with van der Waals surface area (Å²) >= 11 is 0. The maximum atomic E-state index is 12.5. The average Bonchev–Trinajstić information content (AvgIpc) is 3.01. The van der Waals surface area contributed by atoms with Crippen LogP contribution in [0.2, 0.25) is 0 Å². The van der Waals surface area contributed by atoms with Gasteiger partial charge in [-0.15, -0.1) is 0 Å². The minimum atomic E-state index is -3.45. The largest absolute Gasteiger partial charge is 0.352 e. The summed E-state index contributed by atoms with van der Waals surface area (Å²) in [6, 6.07) is 0. The second-order valence-corrected chi connectivity index (χ2v) is 9.16. The Kier molecular flexibility index (Phi) is 5.03. The van der Waals surface area contributed by atoms with Gasteiger partial charge in [-0.1, -0.05) is 6.92 Å². The van der Waals surface area contributed by atoms with Crippen LogP contribution in [0.25, 0.3) is 0 Å². The molecule has 0 saturated carbocycles. The van der Waals surface area contributed by atoms with E-state index in [2.05, 4.69) is 26.4 Å². The predicted molar refractivity (Wildman–Crippen MR) is 101 cm³/mol. The molecule has 26 heavy (non-hydrogen) atoms. The third-order valence-electron chi connectivity index (χ3n) is 4.65. The van der Waals surface area contributed by atoms with Gasteiger partial charge in [-0.25, -0.2) is 18.5 Å². The Bertz CT molecular complexity index is 810. The van der Waals surface area contributed by atoms with Crippen molar-refractivity contribution in [2.45, 2.75) is 39.4 Å². The first-order chi connectivity index (χ1) is 12.3. The molecule has 3 rings (SSSR count). The standard InChI is InChI=1S/C17H27N5O3S/c1-6-7-20-9-13(4)15(19-26(23,24)12(2)3)16-17(20)22-11-21(25-5)10-14(22)8-18-16/h8,10,12,19H,6-7,9,11H2,1-5H3. The highest BCUT2D eigenvalue weighted by atomic mass is 32.2. The van der Waals surface area contributed by atoms with Gasteiger partial charge in [0.15, 0.2) is 0 Å². The minimum absolute atomic E-state index is 0.515. The highest BCUT2D eigenvalue weighted by Gasteiger charge is 2.37. The zero-order valence-corrected chi connectivity index (χ0v) is 16.8. The lowest BCUT2D eigenvalue weighted by atomic mass is 10.1. The fraction of sp³-hybridized carbons (Fsp3) is 0.588. The van der Waals surface area contributed by atoms with Crippen molar-refractivity contribution in [2.24, 2.45) is 4.99 Å². The molecule has 0 atom stereocenters. The summed E-state index contributed by atoms with van der Waals surface area (Å²) in [7, 11) is -1.83. The van der Waals surface area contributed by atoms with Crippen molar-refractivity contribution in [3.8, 4) is 0 Å². The van der Waals surface area contributed by atoms with Gasteiger partial charge in [-0.05, 0) is 32.8 Å². The van der Waals surface area contributed by atoms with Gasteiger partial charge in [0.2, 0.25) is 10.0 Å². The van der Waals surface area contributed by atoms with Crippen LogP contribution in [-0.2, 0) is 14.9 Å². The van der Waals surface area contributed by atoms with Crippen LogP contribution < -0.4 is 4.72 Å². The number of fused-ring (bicyclic) bond motifs is 2. The SMILES string of the molecule is CCCN1CC(C)=C(NS(=O)(=O)C(C)C)C2=C1N1CN(OC)C=C1C=N2. The van der Waals surface area contributed by atoms with Gasteiger partial charge in [0.25, 0.3) is 0 Å². The Balaban J connectivity index is 2.05. The number of allylic oxidation sites excluding steroid dienone is 1. The monoisotopic (exact) mass is 381 g/mol. The zero-order valence-electron chi connectivity index (χ0n) is 16.0. The summed E-state index contributed by atoms with van der Waals surface area (Å²) in [5.74, 6) is 0.923. The fourth-order valence-electron chi connectivity index (χ4n) is 3.19. The maximum absolute atomic E-state index is 12.5. The summed E-state index contributed by atoms with van der Waals surface area (Å²) in [5, 5.41) is 1.21. The minimum Gasteiger partial charge on any atom is -0.352 e. The Morgan fingerprint density at radius 1 is 1.38 bits per heavy atom. The summed E-state index contributed by atoms with van der Waals surface area (Å²) in [5.41, 5.74) is 3.15. The molecule has 0 bridgehead atoms. The van der Waals surface area contributed by atoms with Gasteiger partial charge in [0.05, 0.1) is 36.2 Å². The van der Waals surface area contributed by atoms with Gasteiger partial charge in [-0.2, -0.15) is 0 Å². The van der Waals surface area contributed by atoms with Gasteiger partial charge in [0.1, 0.15) is 18.2 Å². The molecule has 0 aromatic carbocycles. The number of hydrogen-bond acceptors (Lipinski definition) is 7. The van der Waals surface area contributed by atoms with Crippen molar-refractivity contribution >= 4 is 16.2 Å². The molecule has 0 saturated heterocycles. The third-order valence-corrected chi connectivity index (χ3v) is 6.38. The lowest BCUT2D eigenvalue weighted by Crippen LogP contribution is -2.44. The third kappa shape index (κ3) is 3.21. The van der Waals surface area contributed by atoms with Crippen LogP contribution in [0.3, 0.4) is 0 Å². The molecule has 0 aromatic heterocycles. The number of aliphatic imine (C=N–C) groups is 1. The number of hydrogen-bond donors (Lipinski definition) is 1. The van der Waals surface area contributed by atoms with E-state index in [9.17, 15) is 8.42 Å². The van der Waals surface area contributed by atoms with Crippen LogP contribution in [0.1, 0.15) is 34.1 Å². The molecule has 9 heteroatoms. The van der Waals surface area contributed by atoms with E-state index >= 15 is 0 Å². The van der Waals surface area contributed by atoms with Crippen LogP contribution >= 0.6 is 0 Å². The van der Waals surface area contributed by atoms with Crippen molar-refractivity contribution in [1.29, 1.82) is 0 Å². The number of rotatable bonds is 6. The molecule has 1 N–H and O–H groups in total. The van der Waals surface area contributed by atoms with Crippen LogP contribution in [0, 0.1) is 0 Å². The summed E-state index contributed by atoms with van der Waals surface area (Å²) in [6.07, 6.45) is 4.63. The molecule has 0 radical (unpaired) electrons. The van der Waals surface area contributed by atoms with Crippen molar-refractivity contribution in [1.82, 2.24) is 19.6 Å². The van der Waals surface area contributed by atoms with Crippen molar-refractivity contribution in [3.05, 3.63) is 34.7 Å². The molecule has 3 aliphatic rings. The van der Waals surface area contributed by atoms with Crippen LogP contribution in [0.4, 0.5) is 0 Å². The first kappa shape index (κ1) is 18.8. The Hall–Kier alpha value is -2.00. The highest BCUT2D eigenvalue weighted by Crippen LogP contribution is 2.36. The molecular weight excluding hydrogens is 354 g/mol. The smallest absolute Gasteiger partial charge is 0.235 e. The number of nitrogens with one attached hydrogen (secondary N) is 1. The molecule has 0 spiro atoms. The van der Waals surface area contributed by atoms with Crippen molar-refractivity contribution in [3.63, 3.8) is 0 Å². The van der Waals surface area contributed by atoms with E-state index in [4.69, 9.17) is 4.84 Å². The van der Waals surface area contributed by atoms with E-state index in [0.29, 0.717) is 24.6 Å². The lowest BCUT2D eigenvalue weighted by Gasteiger charge is -2.40. The molecular formula is C17H27N5O3S. The lowest BCUT2D eigenvalue weighted by molar-refractivity contribution is -0.0971. The van der Waals surface area contributed by atoms with Gasteiger partial charge >= 0.3 is 0 Å². The Morgan fingerprint density at radius 3 is 2.73 bits per heavy atom. The van der Waals surface area contributed by atoms with Crippen molar-refractivity contribution < 1.29 is 13.3 Å². The van der Waals surface area contributed by atoms with Gasteiger partial charge in [0, 0.05) is 13.1 Å². The van der Waals surface area contributed by atoms with Crippen LogP contribution in [0.5, 0.6) is 0 Å². The van der Waals surface area contributed by atoms with Crippen LogP contribution in [-0.4, -0.2) is 61.6 Å². The molecule has 0 aliphatic carbocycles. The number of sulfonamides is 1. The molecule has 0 aromatic rings. The van der Waals surface area contributed by atoms with Gasteiger partial charge in [-0.3, -0.25) is 9.56 Å². The summed E-state index contributed by atoms with van der Waals surface area (Å²) in [6.45, 7) is 9.49. The van der Waals surface area contributed by atoms with E-state index in [-0.39, 0.29) is 0 Å². The normalized spacial score (nSPS) is 20.1. The second-order valence-electron chi connectivity index (χ2n) is 6.93. The predicted octanol–water partition coefficient (Wildman–Crippen LogP) is 1.55. The Morgan fingerprint density at radius 2 is 2.12 bits per heavy atom.